The number of thiophene rings is 1. The molecule has 0 atom stereocenters. The van der Waals surface area contributed by atoms with E-state index in [9.17, 15) is 18.0 Å². The summed E-state index contributed by atoms with van der Waals surface area (Å²) in [7, 11) is -3.83. The topological polar surface area (TPSA) is 118 Å². The van der Waals surface area contributed by atoms with Crippen LogP contribution in [-0.4, -0.2) is 20.2 Å². The average molecular weight is 456 g/mol. The monoisotopic (exact) mass is 455 g/mol. The fraction of sp³-hybridized carbons (Fsp3) is 0.0476. The van der Waals surface area contributed by atoms with Crippen molar-refractivity contribution in [3.05, 3.63) is 82.9 Å². The zero-order chi connectivity index (χ0) is 22.0. The number of anilines is 1. The summed E-state index contributed by atoms with van der Waals surface area (Å²) in [5.41, 5.74) is 6.27. The number of hydrazine groups is 1. The molecule has 10 heteroatoms. The number of hydrogen-bond acceptors (Lipinski definition) is 6. The van der Waals surface area contributed by atoms with Gasteiger partial charge in [0.15, 0.2) is 5.76 Å². The molecule has 4 aromatic rings. The molecule has 2 amide bonds. The van der Waals surface area contributed by atoms with Crippen molar-refractivity contribution in [2.75, 3.05) is 4.72 Å². The molecular formula is C21H17N3O5S2. The number of aryl methyl sites for hydroxylation is 1. The van der Waals surface area contributed by atoms with Gasteiger partial charge in [0.05, 0.1) is 11.3 Å². The van der Waals surface area contributed by atoms with Gasteiger partial charge in [-0.15, -0.1) is 11.3 Å². The molecule has 0 bridgehead atoms. The van der Waals surface area contributed by atoms with Crippen molar-refractivity contribution in [3.63, 3.8) is 0 Å². The summed E-state index contributed by atoms with van der Waals surface area (Å²) >= 11 is 1.06. The first-order valence-electron chi connectivity index (χ1n) is 9.10. The quantitative estimate of drug-likeness (QED) is 0.397. The van der Waals surface area contributed by atoms with E-state index in [1.54, 1.807) is 35.7 Å². The van der Waals surface area contributed by atoms with Gasteiger partial charge < -0.3 is 4.42 Å². The minimum absolute atomic E-state index is 0.0348. The number of carbonyl (C=O) groups excluding carboxylic acids is 2. The standard InChI is InChI=1S/C21H17N3O5S2/c1-13-8-9-17-14(11-13)12-18(29-17)21(26)23-22-20(25)15-5-2-3-6-16(15)24-31(27,28)19-7-4-10-30-19/h2-12,24H,1H3,(H,22,25)(H,23,26). The van der Waals surface area contributed by atoms with Crippen molar-refractivity contribution in [1.29, 1.82) is 0 Å². The minimum atomic E-state index is -3.83. The molecular weight excluding hydrogens is 438 g/mol. The Morgan fingerprint density at radius 3 is 2.48 bits per heavy atom. The summed E-state index contributed by atoms with van der Waals surface area (Å²) in [6, 6.07) is 16.2. The minimum Gasteiger partial charge on any atom is -0.451 e. The molecule has 0 aliphatic heterocycles. The number of rotatable bonds is 5. The first-order chi connectivity index (χ1) is 14.8. The third-order valence-electron chi connectivity index (χ3n) is 4.36. The number of benzene rings is 2. The molecule has 0 aliphatic rings. The van der Waals surface area contributed by atoms with E-state index in [0.717, 1.165) is 22.3 Å². The lowest BCUT2D eigenvalue weighted by Gasteiger charge is -2.12. The van der Waals surface area contributed by atoms with Gasteiger partial charge in [-0.1, -0.05) is 29.8 Å². The van der Waals surface area contributed by atoms with E-state index in [2.05, 4.69) is 15.6 Å². The van der Waals surface area contributed by atoms with Crippen LogP contribution in [0.2, 0.25) is 0 Å². The summed E-state index contributed by atoms with van der Waals surface area (Å²) < 4.78 is 33.0. The van der Waals surface area contributed by atoms with Gasteiger partial charge in [0, 0.05) is 5.39 Å². The number of hydrogen-bond donors (Lipinski definition) is 3. The van der Waals surface area contributed by atoms with Crippen molar-refractivity contribution in [2.45, 2.75) is 11.1 Å². The van der Waals surface area contributed by atoms with Crippen molar-refractivity contribution >= 4 is 49.8 Å². The Bertz CT molecular complexity index is 1380. The maximum atomic E-state index is 12.6. The molecule has 0 aliphatic carbocycles. The van der Waals surface area contributed by atoms with Crippen molar-refractivity contribution in [2.24, 2.45) is 0 Å². The predicted octanol–water partition coefficient (Wildman–Crippen LogP) is 3.68. The number of carbonyl (C=O) groups is 2. The largest absolute Gasteiger partial charge is 0.451 e. The molecule has 2 aromatic carbocycles. The SMILES string of the molecule is Cc1ccc2oc(C(=O)NNC(=O)c3ccccc3NS(=O)(=O)c3cccs3)cc2c1. The van der Waals surface area contributed by atoms with Gasteiger partial charge in [-0.25, -0.2) is 8.42 Å². The second-order valence-corrected chi connectivity index (χ2v) is 9.50. The Kier molecular flexibility index (Phi) is 5.49. The van der Waals surface area contributed by atoms with Crippen molar-refractivity contribution < 1.29 is 22.4 Å². The van der Waals surface area contributed by atoms with Crippen LogP contribution in [0.5, 0.6) is 0 Å². The van der Waals surface area contributed by atoms with Gasteiger partial charge in [-0.05, 0) is 48.7 Å². The Hall–Kier alpha value is -3.63. The first kappa shape index (κ1) is 20.6. The molecule has 31 heavy (non-hydrogen) atoms. The highest BCUT2D eigenvalue weighted by atomic mass is 32.2. The van der Waals surface area contributed by atoms with E-state index in [4.69, 9.17) is 4.42 Å². The number of nitrogens with one attached hydrogen (secondary N) is 3. The molecule has 0 unspecified atom stereocenters. The van der Waals surface area contributed by atoms with Crippen LogP contribution in [-0.2, 0) is 10.0 Å². The van der Waals surface area contributed by atoms with Gasteiger partial charge in [0.2, 0.25) is 0 Å². The maximum Gasteiger partial charge on any atom is 0.305 e. The van der Waals surface area contributed by atoms with Gasteiger partial charge in [0.1, 0.15) is 9.79 Å². The lowest BCUT2D eigenvalue weighted by Crippen LogP contribution is -2.41. The second kappa shape index (κ2) is 8.25. The molecule has 0 radical (unpaired) electrons. The lowest BCUT2D eigenvalue weighted by molar-refractivity contribution is 0.0832. The van der Waals surface area contributed by atoms with Crippen LogP contribution in [0, 0.1) is 6.92 Å². The smallest absolute Gasteiger partial charge is 0.305 e. The third-order valence-corrected chi connectivity index (χ3v) is 7.12. The predicted molar refractivity (Wildman–Crippen MR) is 117 cm³/mol. The molecule has 0 saturated heterocycles. The number of para-hydroxylation sites is 1. The Morgan fingerprint density at radius 2 is 1.71 bits per heavy atom. The molecule has 0 fully saturated rings. The van der Waals surface area contributed by atoms with E-state index in [0.29, 0.717) is 5.58 Å². The lowest BCUT2D eigenvalue weighted by atomic mass is 10.2. The van der Waals surface area contributed by atoms with E-state index in [-0.39, 0.29) is 21.2 Å². The summed E-state index contributed by atoms with van der Waals surface area (Å²) in [5, 5.41) is 2.41. The highest BCUT2D eigenvalue weighted by Gasteiger charge is 2.20. The number of amides is 2. The molecule has 0 saturated carbocycles. The summed E-state index contributed by atoms with van der Waals surface area (Å²) in [5.74, 6) is -1.30. The Balaban J connectivity index is 1.48. The van der Waals surface area contributed by atoms with Crippen LogP contribution in [0.1, 0.15) is 26.5 Å². The van der Waals surface area contributed by atoms with Crippen LogP contribution in [0.15, 0.2) is 74.7 Å². The molecule has 2 aromatic heterocycles. The van der Waals surface area contributed by atoms with Crippen molar-refractivity contribution in [1.82, 2.24) is 10.9 Å². The highest BCUT2D eigenvalue weighted by Crippen LogP contribution is 2.23. The molecule has 158 valence electrons. The summed E-state index contributed by atoms with van der Waals surface area (Å²) in [6.07, 6.45) is 0. The Labute approximate surface area is 181 Å². The van der Waals surface area contributed by atoms with Gasteiger partial charge in [-0.2, -0.15) is 0 Å². The highest BCUT2D eigenvalue weighted by molar-refractivity contribution is 7.94. The molecule has 0 spiro atoms. The molecule has 3 N–H and O–H groups in total. The van der Waals surface area contributed by atoms with Gasteiger partial charge in [0.25, 0.3) is 15.9 Å². The van der Waals surface area contributed by atoms with Crippen LogP contribution in [0.4, 0.5) is 5.69 Å². The normalized spacial score (nSPS) is 11.3. The summed E-state index contributed by atoms with van der Waals surface area (Å²) in [6.45, 7) is 1.93. The van der Waals surface area contributed by atoms with E-state index in [1.165, 1.54) is 18.2 Å². The van der Waals surface area contributed by atoms with E-state index < -0.39 is 21.8 Å². The van der Waals surface area contributed by atoms with Crippen LogP contribution >= 0.6 is 11.3 Å². The molecule has 2 heterocycles. The van der Waals surface area contributed by atoms with Crippen LogP contribution < -0.4 is 15.6 Å². The van der Waals surface area contributed by atoms with E-state index in [1.807, 2.05) is 19.1 Å². The maximum absolute atomic E-state index is 12.6. The fourth-order valence-corrected chi connectivity index (χ4v) is 4.97. The van der Waals surface area contributed by atoms with Gasteiger partial charge in [-0.3, -0.25) is 25.2 Å². The third kappa shape index (κ3) is 4.44. The summed E-state index contributed by atoms with van der Waals surface area (Å²) in [4.78, 5) is 25.0. The van der Waals surface area contributed by atoms with Gasteiger partial charge >= 0.3 is 5.91 Å². The van der Waals surface area contributed by atoms with Crippen LogP contribution in [0.3, 0.4) is 0 Å². The fourth-order valence-electron chi connectivity index (χ4n) is 2.90. The second-order valence-electron chi connectivity index (χ2n) is 6.64. The average Bonchev–Trinajstić information content (AvgIpc) is 3.42. The number of sulfonamides is 1. The van der Waals surface area contributed by atoms with E-state index >= 15 is 0 Å². The van der Waals surface area contributed by atoms with Crippen molar-refractivity contribution in [3.8, 4) is 0 Å². The zero-order valence-electron chi connectivity index (χ0n) is 16.2. The number of furan rings is 1. The molecule has 8 nitrogen and oxygen atoms in total. The zero-order valence-corrected chi connectivity index (χ0v) is 17.8. The van der Waals surface area contributed by atoms with Crippen LogP contribution in [0.25, 0.3) is 11.0 Å². The Morgan fingerprint density at radius 1 is 0.935 bits per heavy atom. The first-order valence-corrected chi connectivity index (χ1v) is 11.5. The number of fused-ring (bicyclic) bond motifs is 1. The molecule has 4 rings (SSSR count).